The lowest BCUT2D eigenvalue weighted by Crippen LogP contribution is -2.41. The summed E-state index contributed by atoms with van der Waals surface area (Å²) in [6, 6.07) is 16.6. The predicted octanol–water partition coefficient (Wildman–Crippen LogP) is 4.13. The van der Waals surface area contributed by atoms with Crippen LogP contribution in [0.5, 0.6) is 0 Å². The summed E-state index contributed by atoms with van der Waals surface area (Å²) in [4.78, 5) is 0.344. The molecule has 0 N–H and O–H groups in total. The minimum absolute atomic E-state index is 0.00433. The van der Waals surface area contributed by atoms with Crippen LogP contribution in [0.2, 0.25) is 0 Å². The molecule has 2 aromatic rings. The zero-order valence-corrected chi connectivity index (χ0v) is 14.6. The standard InChI is InChI=1S/C18H20ClNO2S/c1-14-7-9-17(10-8-14)23(21,22)20-12-11-16(19)13-18(20)15-5-3-2-4-6-15/h2-10,16,18H,11-13H2,1H3/t16-,18+/m0/s1. The summed E-state index contributed by atoms with van der Waals surface area (Å²) in [6.45, 7) is 2.39. The molecule has 0 saturated carbocycles. The number of alkyl halides is 1. The molecule has 0 radical (unpaired) electrons. The average molecular weight is 350 g/mol. The zero-order valence-electron chi connectivity index (χ0n) is 13.0. The van der Waals surface area contributed by atoms with Gasteiger partial charge in [-0.05, 0) is 37.5 Å². The number of halogens is 1. The van der Waals surface area contributed by atoms with Crippen LogP contribution in [0.4, 0.5) is 0 Å². The Hall–Kier alpha value is -1.36. The maximum Gasteiger partial charge on any atom is 0.243 e. The Kier molecular flexibility index (Phi) is 4.76. The highest BCUT2D eigenvalue weighted by molar-refractivity contribution is 7.89. The van der Waals surface area contributed by atoms with Gasteiger partial charge in [-0.2, -0.15) is 4.31 Å². The molecule has 1 aliphatic heterocycles. The summed E-state index contributed by atoms with van der Waals surface area (Å²) < 4.78 is 27.7. The Bertz CT molecular complexity index is 759. The van der Waals surface area contributed by atoms with E-state index >= 15 is 0 Å². The molecule has 5 heteroatoms. The van der Waals surface area contributed by atoms with Crippen molar-refractivity contribution >= 4 is 21.6 Å². The van der Waals surface area contributed by atoms with Gasteiger partial charge in [-0.25, -0.2) is 8.42 Å². The van der Waals surface area contributed by atoms with Crippen molar-refractivity contribution in [2.24, 2.45) is 0 Å². The van der Waals surface area contributed by atoms with Gasteiger partial charge in [0, 0.05) is 11.9 Å². The SMILES string of the molecule is Cc1ccc(S(=O)(=O)N2CC[C@H](Cl)C[C@@H]2c2ccccc2)cc1. The Morgan fingerprint density at radius 3 is 2.35 bits per heavy atom. The van der Waals surface area contributed by atoms with E-state index in [0.29, 0.717) is 24.3 Å². The molecule has 3 rings (SSSR count). The first-order valence-corrected chi connectivity index (χ1v) is 9.63. The van der Waals surface area contributed by atoms with Crippen LogP contribution >= 0.6 is 11.6 Å². The third kappa shape index (κ3) is 3.44. The van der Waals surface area contributed by atoms with Gasteiger partial charge in [-0.15, -0.1) is 11.6 Å². The Morgan fingerprint density at radius 1 is 1.04 bits per heavy atom. The number of rotatable bonds is 3. The van der Waals surface area contributed by atoms with Gasteiger partial charge < -0.3 is 0 Å². The van der Waals surface area contributed by atoms with Crippen LogP contribution < -0.4 is 0 Å². The summed E-state index contributed by atoms with van der Waals surface area (Å²) in [5.41, 5.74) is 2.04. The smallest absolute Gasteiger partial charge is 0.207 e. The van der Waals surface area contributed by atoms with Gasteiger partial charge in [0.15, 0.2) is 0 Å². The van der Waals surface area contributed by atoms with Crippen LogP contribution in [0.15, 0.2) is 59.5 Å². The van der Waals surface area contributed by atoms with E-state index in [4.69, 9.17) is 11.6 Å². The second kappa shape index (κ2) is 6.63. The number of nitrogens with zero attached hydrogens (tertiary/aromatic N) is 1. The van der Waals surface area contributed by atoms with Gasteiger partial charge in [0.2, 0.25) is 10.0 Å². The summed E-state index contributed by atoms with van der Waals surface area (Å²) in [5.74, 6) is 0. The topological polar surface area (TPSA) is 37.4 Å². The second-order valence-corrected chi connectivity index (χ2v) is 8.48. The lowest BCUT2D eigenvalue weighted by molar-refractivity contribution is 0.259. The molecule has 0 bridgehead atoms. The highest BCUT2D eigenvalue weighted by Crippen LogP contribution is 2.37. The molecule has 0 unspecified atom stereocenters. The quantitative estimate of drug-likeness (QED) is 0.781. The van der Waals surface area contributed by atoms with Crippen LogP contribution in [-0.4, -0.2) is 24.6 Å². The maximum atomic E-state index is 13.1. The van der Waals surface area contributed by atoms with Crippen molar-refractivity contribution in [1.82, 2.24) is 4.31 Å². The predicted molar refractivity (Wildman–Crippen MR) is 93.1 cm³/mol. The number of benzene rings is 2. The van der Waals surface area contributed by atoms with Gasteiger partial charge in [-0.3, -0.25) is 0 Å². The van der Waals surface area contributed by atoms with E-state index in [1.807, 2.05) is 49.4 Å². The molecule has 2 aromatic carbocycles. The zero-order chi connectivity index (χ0) is 16.4. The lowest BCUT2D eigenvalue weighted by atomic mass is 9.97. The van der Waals surface area contributed by atoms with Gasteiger partial charge in [0.05, 0.1) is 10.9 Å². The van der Waals surface area contributed by atoms with Gasteiger partial charge in [-0.1, -0.05) is 48.0 Å². The first kappa shape index (κ1) is 16.5. The molecular weight excluding hydrogens is 330 g/mol. The van der Waals surface area contributed by atoms with E-state index in [0.717, 1.165) is 11.1 Å². The number of piperidine rings is 1. The monoisotopic (exact) mass is 349 g/mol. The molecular formula is C18H20ClNO2S. The van der Waals surface area contributed by atoms with E-state index in [-0.39, 0.29) is 11.4 Å². The van der Waals surface area contributed by atoms with Crippen molar-refractivity contribution in [2.75, 3.05) is 6.54 Å². The molecule has 0 spiro atoms. The molecule has 23 heavy (non-hydrogen) atoms. The van der Waals surface area contributed by atoms with Crippen molar-refractivity contribution in [3.63, 3.8) is 0 Å². The normalized spacial score (nSPS) is 22.9. The maximum absolute atomic E-state index is 13.1. The van der Waals surface area contributed by atoms with Crippen LogP contribution in [0.25, 0.3) is 0 Å². The Labute approximate surface area is 142 Å². The van der Waals surface area contributed by atoms with Gasteiger partial charge in [0.25, 0.3) is 0 Å². The van der Waals surface area contributed by atoms with E-state index in [1.54, 1.807) is 16.4 Å². The largest absolute Gasteiger partial charge is 0.243 e. The highest BCUT2D eigenvalue weighted by Gasteiger charge is 2.37. The fraction of sp³-hybridized carbons (Fsp3) is 0.333. The minimum Gasteiger partial charge on any atom is -0.207 e. The average Bonchev–Trinajstić information content (AvgIpc) is 2.56. The number of hydrogen-bond acceptors (Lipinski definition) is 2. The fourth-order valence-electron chi connectivity index (χ4n) is 3.01. The van der Waals surface area contributed by atoms with Crippen LogP contribution in [0, 0.1) is 6.92 Å². The molecule has 1 fully saturated rings. The minimum atomic E-state index is -3.52. The molecule has 0 amide bonds. The third-order valence-corrected chi connectivity index (χ3v) is 6.62. The van der Waals surface area contributed by atoms with Crippen molar-refractivity contribution in [3.05, 3.63) is 65.7 Å². The van der Waals surface area contributed by atoms with Crippen molar-refractivity contribution in [2.45, 2.75) is 36.1 Å². The second-order valence-electron chi connectivity index (χ2n) is 5.98. The molecule has 0 aliphatic carbocycles. The highest BCUT2D eigenvalue weighted by atomic mass is 35.5. The van der Waals surface area contributed by atoms with Gasteiger partial charge in [0.1, 0.15) is 0 Å². The summed E-state index contributed by atoms with van der Waals surface area (Å²) in [6.07, 6.45) is 1.31. The molecule has 1 heterocycles. The molecule has 1 aliphatic rings. The number of hydrogen-bond donors (Lipinski definition) is 0. The summed E-state index contributed by atoms with van der Waals surface area (Å²) in [5, 5.41) is 0.00433. The van der Waals surface area contributed by atoms with E-state index < -0.39 is 10.0 Å². The van der Waals surface area contributed by atoms with E-state index in [1.165, 1.54) is 0 Å². The van der Waals surface area contributed by atoms with Crippen LogP contribution in [0.1, 0.15) is 30.0 Å². The Balaban J connectivity index is 1.99. The molecule has 122 valence electrons. The molecule has 2 atom stereocenters. The van der Waals surface area contributed by atoms with Crippen molar-refractivity contribution in [1.29, 1.82) is 0 Å². The number of aryl methyl sites for hydroxylation is 1. The van der Waals surface area contributed by atoms with Crippen molar-refractivity contribution < 1.29 is 8.42 Å². The molecule has 0 aromatic heterocycles. The first-order chi connectivity index (χ1) is 11.0. The Morgan fingerprint density at radius 2 is 1.70 bits per heavy atom. The fourth-order valence-corrected chi connectivity index (χ4v) is 4.92. The number of sulfonamides is 1. The van der Waals surface area contributed by atoms with Crippen molar-refractivity contribution in [3.8, 4) is 0 Å². The summed E-state index contributed by atoms with van der Waals surface area (Å²) >= 11 is 6.32. The first-order valence-electron chi connectivity index (χ1n) is 7.76. The lowest BCUT2D eigenvalue weighted by Gasteiger charge is -2.37. The summed E-state index contributed by atoms with van der Waals surface area (Å²) in [7, 11) is -3.52. The van der Waals surface area contributed by atoms with Gasteiger partial charge >= 0.3 is 0 Å². The molecule has 3 nitrogen and oxygen atoms in total. The van der Waals surface area contributed by atoms with E-state index in [9.17, 15) is 8.42 Å². The van der Waals surface area contributed by atoms with Crippen LogP contribution in [0.3, 0.4) is 0 Å². The van der Waals surface area contributed by atoms with Crippen LogP contribution in [-0.2, 0) is 10.0 Å². The molecule has 1 saturated heterocycles. The van der Waals surface area contributed by atoms with E-state index in [2.05, 4.69) is 0 Å². The third-order valence-electron chi connectivity index (χ3n) is 4.30.